The summed E-state index contributed by atoms with van der Waals surface area (Å²) in [5, 5.41) is 15.3. The highest BCUT2D eigenvalue weighted by Crippen LogP contribution is 2.27. The third kappa shape index (κ3) is 5.28. The highest BCUT2D eigenvalue weighted by molar-refractivity contribution is 8.01. The summed E-state index contributed by atoms with van der Waals surface area (Å²) in [5.74, 6) is 0.517. The van der Waals surface area contributed by atoms with Gasteiger partial charge in [-0.05, 0) is 33.6 Å². The topological polar surface area (TPSA) is 66.9 Å². The zero-order valence-electron chi connectivity index (χ0n) is 12.2. The Morgan fingerprint density at radius 1 is 1.35 bits per heavy atom. The summed E-state index contributed by atoms with van der Waals surface area (Å²) in [4.78, 5) is 11.8. The fourth-order valence-corrected chi connectivity index (χ4v) is 3.88. The van der Waals surface area contributed by atoms with E-state index in [-0.39, 0.29) is 11.4 Å². The molecule has 1 aromatic rings. The van der Waals surface area contributed by atoms with Gasteiger partial charge >= 0.3 is 0 Å². The number of nitrogens with one attached hydrogen (secondary N) is 2. The van der Waals surface area contributed by atoms with Crippen molar-refractivity contribution in [3.8, 4) is 0 Å². The summed E-state index contributed by atoms with van der Waals surface area (Å²) in [6.07, 6.45) is 4.70. The van der Waals surface area contributed by atoms with E-state index in [9.17, 15) is 4.79 Å². The molecule has 0 aromatic carbocycles. The Morgan fingerprint density at radius 2 is 2.05 bits per heavy atom. The van der Waals surface area contributed by atoms with Gasteiger partial charge in [0, 0.05) is 11.6 Å². The van der Waals surface area contributed by atoms with Crippen molar-refractivity contribution in [2.75, 3.05) is 11.1 Å². The van der Waals surface area contributed by atoms with Crippen LogP contribution in [-0.4, -0.2) is 33.4 Å². The average molecular weight is 314 g/mol. The van der Waals surface area contributed by atoms with Crippen LogP contribution in [0.3, 0.4) is 0 Å². The maximum Gasteiger partial charge on any atom is 0.230 e. The first-order chi connectivity index (χ1) is 9.42. The molecule has 2 N–H and O–H groups in total. The van der Waals surface area contributed by atoms with Crippen molar-refractivity contribution >= 4 is 34.1 Å². The molecule has 0 saturated heterocycles. The minimum absolute atomic E-state index is 0.0265. The minimum atomic E-state index is -0.0265. The second kappa shape index (κ2) is 6.76. The molecule has 0 bridgehead atoms. The lowest BCUT2D eigenvalue weighted by Gasteiger charge is -2.18. The summed E-state index contributed by atoms with van der Waals surface area (Å²) < 4.78 is 0.832. The molecule has 0 radical (unpaired) electrons. The highest BCUT2D eigenvalue weighted by atomic mass is 32.2. The van der Waals surface area contributed by atoms with E-state index in [4.69, 9.17) is 0 Å². The van der Waals surface area contributed by atoms with Crippen LogP contribution in [0.4, 0.5) is 5.13 Å². The normalized spacial score (nSPS) is 16.4. The third-order valence-corrected chi connectivity index (χ3v) is 4.91. The number of nitrogens with zero attached hydrogens (tertiary/aromatic N) is 2. The quantitative estimate of drug-likeness (QED) is 0.818. The SMILES string of the molecule is CC(C)(C)Nc1nnc(SCC(=O)NC2CCCC2)s1. The second-order valence-corrected chi connectivity index (χ2v) is 8.29. The van der Waals surface area contributed by atoms with Crippen LogP contribution < -0.4 is 10.6 Å². The number of carbonyl (C=O) groups is 1. The molecule has 1 aromatic heterocycles. The summed E-state index contributed by atoms with van der Waals surface area (Å²) in [5.41, 5.74) is -0.0265. The summed E-state index contributed by atoms with van der Waals surface area (Å²) >= 11 is 2.95. The first-order valence-electron chi connectivity index (χ1n) is 6.96. The Labute approximate surface area is 128 Å². The molecule has 1 fully saturated rings. The van der Waals surface area contributed by atoms with E-state index in [1.54, 1.807) is 0 Å². The molecule has 1 amide bonds. The van der Waals surface area contributed by atoms with Crippen molar-refractivity contribution in [2.45, 2.75) is 62.4 Å². The molecule has 7 heteroatoms. The van der Waals surface area contributed by atoms with Crippen molar-refractivity contribution in [3.63, 3.8) is 0 Å². The number of anilines is 1. The van der Waals surface area contributed by atoms with Gasteiger partial charge < -0.3 is 10.6 Å². The second-order valence-electron chi connectivity index (χ2n) is 6.09. The van der Waals surface area contributed by atoms with Crippen molar-refractivity contribution in [1.29, 1.82) is 0 Å². The average Bonchev–Trinajstić information content (AvgIpc) is 2.96. The number of carbonyl (C=O) groups excluding carboxylic acids is 1. The molecule has 0 unspecified atom stereocenters. The molecule has 1 aliphatic carbocycles. The van der Waals surface area contributed by atoms with E-state index < -0.39 is 0 Å². The van der Waals surface area contributed by atoms with Crippen molar-refractivity contribution in [1.82, 2.24) is 15.5 Å². The van der Waals surface area contributed by atoms with Gasteiger partial charge in [0.15, 0.2) is 4.34 Å². The number of rotatable bonds is 5. The van der Waals surface area contributed by atoms with E-state index in [1.165, 1.54) is 35.9 Å². The van der Waals surface area contributed by atoms with E-state index in [0.717, 1.165) is 22.3 Å². The van der Waals surface area contributed by atoms with Crippen LogP contribution in [0.1, 0.15) is 46.5 Å². The fourth-order valence-electron chi connectivity index (χ4n) is 2.11. The number of hydrogen-bond acceptors (Lipinski definition) is 6. The Balaban J connectivity index is 1.74. The maximum atomic E-state index is 11.8. The number of thioether (sulfide) groups is 1. The van der Waals surface area contributed by atoms with Gasteiger partial charge in [0.25, 0.3) is 0 Å². The van der Waals surface area contributed by atoms with Crippen molar-refractivity contribution in [2.24, 2.45) is 0 Å². The predicted molar refractivity (Wildman–Crippen MR) is 84.4 cm³/mol. The monoisotopic (exact) mass is 314 g/mol. The van der Waals surface area contributed by atoms with Crippen LogP contribution >= 0.6 is 23.1 Å². The molecular weight excluding hydrogens is 292 g/mol. The Bertz CT molecular complexity index is 449. The lowest BCUT2D eigenvalue weighted by atomic mass is 10.1. The molecule has 1 aliphatic rings. The van der Waals surface area contributed by atoms with Crippen molar-refractivity contribution < 1.29 is 4.79 Å². The van der Waals surface area contributed by atoms with Crippen LogP contribution in [0.2, 0.25) is 0 Å². The standard InChI is InChI=1S/C13H22N4OS2/c1-13(2,3)15-11-16-17-12(20-11)19-8-10(18)14-9-6-4-5-7-9/h9H,4-8H2,1-3H3,(H,14,18)(H,15,16). The van der Waals surface area contributed by atoms with E-state index >= 15 is 0 Å². The maximum absolute atomic E-state index is 11.8. The highest BCUT2D eigenvalue weighted by Gasteiger charge is 2.18. The number of hydrogen-bond donors (Lipinski definition) is 2. The molecule has 0 atom stereocenters. The molecule has 2 rings (SSSR count). The summed E-state index contributed by atoms with van der Waals surface area (Å²) in [6.45, 7) is 6.24. The van der Waals surface area contributed by atoms with Crippen LogP contribution in [0, 0.1) is 0 Å². The smallest absolute Gasteiger partial charge is 0.230 e. The molecule has 5 nitrogen and oxygen atoms in total. The minimum Gasteiger partial charge on any atom is -0.355 e. The summed E-state index contributed by atoms with van der Waals surface area (Å²) in [6, 6.07) is 0.385. The van der Waals surface area contributed by atoms with Gasteiger partial charge in [0.1, 0.15) is 0 Å². The van der Waals surface area contributed by atoms with Crippen LogP contribution in [0.5, 0.6) is 0 Å². The van der Waals surface area contributed by atoms with E-state index in [1.807, 2.05) is 0 Å². The Morgan fingerprint density at radius 3 is 2.70 bits per heavy atom. The van der Waals surface area contributed by atoms with Gasteiger partial charge in [0.05, 0.1) is 5.75 Å². The molecule has 0 spiro atoms. The van der Waals surface area contributed by atoms with Gasteiger partial charge in [-0.1, -0.05) is 35.9 Å². The molecule has 1 saturated carbocycles. The fraction of sp³-hybridized carbons (Fsp3) is 0.769. The molecule has 0 aliphatic heterocycles. The molecular formula is C13H22N4OS2. The van der Waals surface area contributed by atoms with Gasteiger partial charge in [-0.3, -0.25) is 4.79 Å². The third-order valence-electron chi connectivity index (χ3n) is 2.94. The predicted octanol–water partition coefficient (Wildman–Crippen LogP) is 2.90. The summed E-state index contributed by atoms with van der Waals surface area (Å²) in [7, 11) is 0. The van der Waals surface area contributed by atoms with E-state index in [2.05, 4.69) is 41.6 Å². The zero-order chi connectivity index (χ0) is 14.6. The van der Waals surface area contributed by atoms with Gasteiger partial charge in [0.2, 0.25) is 11.0 Å². The number of amides is 1. The zero-order valence-corrected chi connectivity index (χ0v) is 13.9. The molecule has 112 valence electrons. The van der Waals surface area contributed by atoms with E-state index in [0.29, 0.717) is 11.8 Å². The van der Waals surface area contributed by atoms with Gasteiger partial charge in [-0.25, -0.2) is 0 Å². The molecule has 20 heavy (non-hydrogen) atoms. The first kappa shape index (κ1) is 15.6. The first-order valence-corrected chi connectivity index (χ1v) is 8.76. The number of aromatic nitrogens is 2. The van der Waals surface area contributed by atoms with Gasteiger partial charge in [-0.15, -0.1) is 10.2 Å². The Kier molecular flexibility index (Phi) is 5.26. The van der Waals surface area contributed by atoms with Gasteiger partial charge in [-0.2, -0.15) is 0 Å². The molecule has 1 heterocycles. The van der Waals surface area contributed by atoms with Crippen molar-refractivity contribution in [3.05, 3.63) is 0 Å². The lowest BCUT2D eigenvalue weighted by Crippen LogP contribution is -2.33. The van der Waals surface area contributed by atoms with Crippen LogP contribution in [0.15, 0.2) is 4.34 Å². The largest absolute Gasteiger partial charge is 0.355 e. The Hall–Kier alpha value is -0.820. The lowest BCUT2D eigenvalue weighted by molar-refractivity contribution is -0.119. The van der Waals surface area contributed by atoms with Crippen LogP contribution in [-0.2, 0) is 4.79 Å². The van der Waals surface area contributed by atoms with Crippen LogP contribution in [0.25, 0.3) is 0 Å².